The summed E-state index contributed by atoms with van der Waals surface area (Å²) >= 11 is 0. The average molecular weight is 763 g/mol. The first-order chi connectivity index (χ1) is 21.5. The van der Waals surface area contributed by atoms with E-state index in [0.717, 1.165) is 66.0 Å². The van der Waals surface area contributed by atoms with E-state index in [1.54, 1.807) is 0 Å². The molecule has 0 spiro atoms. The van der Waals surface area contributed by atoms with Crippen LogP contribution in [0.15, 0.2) is 97.6 Å². The van der Waals surface area contributed by atoms with Crippen molar-refractivity contribution in [3.63, 3.8) is 0 Å². The van der Waals surface area contributed by atoms with Crippen molar-refractivity contribution in [2.45, 2.75) is 20.8 Å². The molecule has 218 valence electrons. The molecule has 0 atom stereocenters. The fourth-order valence-corrected chi connectivity index (χ4v) is 6.80. The zero-order valence-electron chi connectivity index (χ0n) is 24.7. The van der Waals surface area contributed by atoms with Crippen molar-refractivity contribution in [3.05, 3.63) is 126 Å². The number of benzene rings is 4. The first-order valence-electron chi connectivity index (χ1n) is 14.6. The van der Waals surface area contributed by atoms with Crippen LogP contribution in [-0.4, -0.2) is 23.8 Å². The summed E-state index contributed by atoms with van der Waals surface area (Å²) in [6, 6.07) is 31.9. The minimum absolute atomic E-state index is 0. The Bertz CT molecular complexity index is 2610. The van der Waals surface area contributed by atoms with Gasteiger partial charge in [-0.15, -0.1) is 12.1 Å². The smallest absolute Gasteiger partial charge is 0.497 e. The summed E-state index contributed by atoms with van der Waals surface area (Å²) in [4.78, 5) is 14.6. The molecule has 5 aromatic heterocycles. The Morgan fingerprint density at radius 1 is 0.667 bits per heavy atom. The Labute approximate surface area is 273 Å². The van der Waals surface area contributed by atoms with Gasteiger partial charge in [-0.05, 0) is 55.5 Å². The number of aromatic nitrogens is 5. The number of hydrogen-bond donors (Lipinski definition) is 0. The van der Waals surface area contributed by atoms with E-state index in [1.807, 2.05) is 42.9 Å². The van der Waals surface area contributed by atoms with Crippen molar-refractivity contribution in [2.24, 2.45) is 0 Å². The van der Waals surface area contributed by atoms with Crippen LogP contribution in [0.4, 0.5) is 0 Å². The van der Waals surface area contributed by atoms with Crippen LogP contribution < -0.4 is 4.74 Å². The van der Waals surface area contributed by atoms with Gasteiger partial charge in [-0.25, -0.2) is 0 Å². The van der Waals surface area contributed by atoms with Gasteiger partial charge in [-0.2, -0.15) is 0 Å². The molecule has 0 aliphatic heterocycles. The summed E-state index contributed by atoms with van der Waals surface area (Å²) in [5, 5.41) is 4.96. The maximum Gasteiger partial charge on any atom is 2.00 e. The molecule has 0 saturated carbocycles. The number of para-hydroxylation sites is 1. The van der Waals surface area contributed by atoms with Crippen molar-refractivity contribution in [1.29, 1.82) is 0 Å². The molecule has 0 aliphatic rings. The average Bonchev–Trinajstić information content (AvgIpc) is 3.70. The number of hydrogen-bond acceptors (Lipinski definition) is 4. The van der Waals surface area contributed by atoms with Gasteiger partial charge in [0.15, 0.2) is 0 Å². The Kier molecular flexibility index (Phi) is 6.26. The number of imidazole rings is 2. The Balaban J connectivity index is 0.00000300. The second kappa shape index (κ2) is 10.3. The Morgan fingerprint density at radius 3 is 2.18 bits per heavy atom. The topological polar surface area (TPSA) is 56.7 Å². The number of aryl methyl sites for hydroxylation is 3. The predicted octanol–water partition coefficient (Wildman–Crippen LogP) is 8.97. The van der Waals surface area contributed by atoms with Gasteiger partial charge in [0.25, 0.3) is 0 Å². The molecule has 7 heteroatoms. The quantitative estimate of drug-likeness (QED) is 0.133. The molecule has 5 heterocycles. The molecule has 0 unspecified atom stereocenters. The van der Waals surface area contributed by atoms with Crippen LogP contribution in [0.2, 0.25) is 0 Å². The molecule has 6 nitrogen and oxygen atoms in total. The molecular formula is C38H25N5OPt. The summed E-state index contributed by atoms with van der Waals surface area (Å²) in [6.07, 6.45) is 7.75. The van der Waals surface area contributed by atoms with Crippen molar-refractivity contribution < 1.29 is 25.8 Å². The van der Waals surface area contributed by atoms with E-state index in [0.29, 0.717) is 11.5 Å². The van der Waals surface area contributed by atoms with Gasteiger partial charge < -0.3 is 13.5 Å². The van der Waals surface area contributed by atoms with Crippen molar-refractivity contribution in [2.75, 3.05) is 0 Å². The van der Waals surface area contributed by atoms with Gasteiger partial charge in [-0.3, -0.25) is 15.0 Å². The van der Waals surface area contributed by atoms with Crippen LogP contribution >= 0.6 is 0 Å². The third-order valence-electron chi connectivity index (χ3n) is 8.54. The normalized spacial score (nSPS) is 11.7. The standard InChI is InChI=1S/C38H25N5O.Pt/c1-22-17-23(2)35(24(3)18-22)32-21-43-34-9-6-14-39-36(34)29-13-11-26(20-31(29)38(43)41-32)44-25-10-12-27-28-7-4-5-8-33(28)42-16-15-40-37(42)30(27)19-25;/h4-18,21H,1-3H3;/q-2;+2. The van der Waals surface area contributed by atoms with Crippen LogP contribution in [0.5, 0.6) is 11.5 Å². The van der Waals surface area contributed by atoms with Crippen LogP contribution in [0.25, 0.3) is 66.0 Å². The molecule has 0 aliphatic carbocycles. The molecule has 9 aromatic rings. The molecule has 45 heavy (non-hydrogen) atoms. The number of ether oxygens (including phenoxy) is 1. The fourth-order valence-electron chi connectivity index (χ4n) is 6.80. The van der Waals surface area contributed by atoms with E-state index in [-0.39, 0.29) is 21.1 Å². The Hall–Kier alpha value is -5.06. The van der Waals surface area contributed by atoms with Crippen LogP contribution in [0.1, 0.15) is 16.7 Å². The zero-order chi connectivity index (χ0) is 29.5. The fraction of sp³-hybridized carbons (Fsp3) is 0.0789. The first kappa shape index (κ1) is 27.5. The summed E-state index contributed by atoms with van der Waals surface area (Å²) in [6.45, 7) is 6.42. The number of nitrogens with zero attached hydrogens (tertiary/aromatic N) is 5. The molecule has 9 rings (SSSR count). The van der Waals surface area contributed by atoms with Gasteiger partial charge in [0.2, 0.25) is 0 Å². The SMILES string of the molecule is Cc1cc(C)c(-c2cn3c4cccnc4c4ccc(Oc5[c-]c6c(cc5)c5ccccc5n5ccnc65)[c-]c4c3n2)c(C)c1.[Pt+2]. The van der Waals surface area contributed by atoms with Crippen LogP contribution in [-0.2, 0) is 21.1 Å². The van der Waals surface area contributed by atoms with Gasteiger partial charge in [0, 0.05) is 47.4 Å². The largest absolute Gasteiger partial charge is 2.00 e. The maximum atomic E-state index is 6.43. The van der Waals surface area contributed by atoms with Gasteiger partial charge in [0.1, 0.15) is 0 Å². The van der Waals surface area contributed by atoms with Gasteiger partial charge in [0.05, 0.1) is 28.0 Å². The number of fused-ring (bicyclic) bond motifs is 12. The van der Waals surface area contributed by atoms with Crippen molar-refractivity contribution in [3.8, 4) is 22.8 Å². The molecule has 0 amide bonds. The molecule has 0 saturated heterocycles. The number of pyridine rings is 3. The van der Waals surface area contributed by atoms with Gasteiger partial charge >= 0.3 is 21.1 Å². The monoisotopic (exact) mass is 762 g/mol. The maximum absolute atomic E-state index is 6.43. The number of rotatable bonds is 3. The molecule has 0 radical (unpaired) electrons. The van der Waals surface area contributed by atoms with Crippen LogP contribution in [0.3, 0.4) is 0 Å². The van der Waals surface area contributed by atoms with E-state index < -0.39 is 0 Å². The van der Waals surface area contributed by atoms with E-state index >= 15 is 0 Å². The Morgan fingerprint density at radius 2 is 1.38 bits per heavy atom. The molecule has 0 fully saturated rings. The van der Waals surface area contributed by atoms with Gasteiger partial charge in [-0.1, -0.05) is 81.7 Å². The second-order valence-electron chi connectivity index (χ2n) is 11.4. The third-order valence-corrected chi connectivity index (χ3v) is 8.54. The van der Waals surface area contributed by atoms with E-state index in [2.05, 4.69) is 101 Å². The predicted molar refractivity (Wildman–Crippen MR) is 176 cm³/mol. The summed E-state index contributed by atoms with van der Waals surface area (Å²) < 4.78 is 10.7. The van der Waals surface area contributed by atoms with E-state index in [9.17, 15) is 0 Å². The molecular weight excluding hydrogens is 738 g/mol. The van der Waals surface area contributed by atoms with Crippen LogP contribution in [0, 0.1) is 32.9 Å². The van der Waals surface area contributed by atoms with E-state index in [4.69, 9.17) is 14.7 Å². The van der Waals surface area contributed by atoms with E-state index in [1.165, 1.54) is 16.7 Å². The molecule has 0 bridgehead atoms. The third kappa shape index (κ3) is 4.17. The summed E-state index contributed by atoms with van der Waals surface area (Å²) in [5.74, 6) is 1.18. The minimum Gasteiger partial charge on any atom is -0.497 e. The zero-order valence-corrected chi connectivity index (χ0v) is 27.0. The summed E-state index contributed by atoms with van der Waals surface area (Å²) in [5.41, 5.74) is 10.4. The molecule has 4 aromatic carbocycles. The molecule has 0 N–H and O–H groups in total. The van der Waals surface area contributed by atoms with Crippen molar-refractivity contribution in [1.82, 2.24) is 23.8 Å². The van der Waals surface area contributed by atoms with Crippen molar-refractivity contribution >= 4 is 54.8 Å². The summed E-state index contributed by atoms with van der Waals surface area (Å²) in [7, 11) is 0. The minimum atomic E-state index is 0. The first-order valence-corrected chi connectivity index (χ1v) is 14.6. The second-order valence-corrected chi connectivity index (χ2v) is 11.4.